The van der Waals surface area contributed by atoms with Crippen molar-refractivity contribution >= 4 is 16.9 Å². The Morgan fingerprint density at radius 2 is 2.50 bits per heavy atom. The molecule has 1 unspecified atom stereocenters. The minimum atomic E-state index is 0.554. The third-order valence-electron chi connectivity index (χ3n) is 2.69. The van der Waals surface area contributed by atoms with Gasteiger partial charge >= 0.3 is 0 Å². The van der Waals surface area contributed by atoms with E-state index in [0.29, 0.717) is 6.04 Å². The molecule has 1 aromatic heterocycles. The summed E-state index contributed by atoms with van der Waals surface area (Å²) < 4.78 is 0. The van der Waals surface area contributed by atoms with Crippen LogP contribution in [0.5, 0.6) is 0 Å². The SMILES string of the molecule is Cc1cnccc1CN=C1NC(C)CCS1. The maximum Gasteiger partial charge on any atom is 0.157 e. The number of rotatable bonds is 2. The van der Waals surface area contributed by atoms with E-state index in [2.05, 4.69) is 29.1 Å². The maximum absolute atomic E-state index is 4.61. The van der Waals surface area contributed by atoms with E-state index in [1.807, 2.05) is 30.2 Å². The summed E-state index contributed by atoms with van der Waals surface area (Å²) in [6.45, 7) is 5.02. The van der Waals surface area contributed by atoms with Gasteiger partial charge in [0.05, 0.1) is 6.54 Å². The molecule has 1 atom stereocenters. The first-order valence-corrected chi connectivity index (χ1v) is 6.57. The van der Waals surface area contributed by atoms with Crippen LogP contribution < -0.4 is 5.32 Å². The highest BCUT2D eigenvalue weighted by Gasteiger charge is 2.12. The van der Waals surface area contributed by atoms with Crippen LogP contribution in [0.3, 0.4) is 0 Å². The van der Waals surface area contributed by atoms with Gasteiger partial charge < -0.3 is 5.32 Å². The Balaban J connectivity index is 2.00. The van der Waals surface area contributed by atoms with Crippen molar-refractivity contribution in [1.29, 1.82) is 0 Å². The normalized spacial score (nSPS) is 23.1. The Hall–Kier alpha value is -1.03. The Kier molecular flexibility index (Phi) is 3.83. The lowest BCUT2D eigenvalue weighted by Gasteiger charge is -2.21. The van der Waals surface area contributed by atoms with Gasteiger partial charge in [0, 0.05) is 24.2 Å². The molecule has 0 bridgehead atoms. The summed E-state index contributed by atoms with van der Waals surface area (Å²) in [4.78, 5) is 8.69. The van der Waals surface area contributed by atoms with Gasteiger partial charge in [0.25, 0.3) is 0 Å². The third-order valence-corrected chi connectivity index (χ3v) is 3.65. The molecular formula is C12H17N3S. The first-order valence-electron chi connectivity index (χ1n) is 5.59. The zero-order chi connectivity index (χ0) is 11.4. The average molecular weight is 235 g/mol. The highest BCUT2D eigenvalue weighted by molar-refractivity contribution is 8.13. The predicted molar refractivity (Wildman–Crippen MR) is 69.8 cm³/mol. The van der Waals surface area contributed by atoms with Crippen LogP contribution in [0.25, 0.3) is 0 Å². The fourth-order valence-corrected chi connectivity index (χ4v) is 2.69. The molecule has 0 saturated carbocycles. The summed E-state index contributed by atoms with van der Waals surface area (Å²) in [6.07, 6.45) is 4.93. The predicted octanol–water partition coefficient (Wildman–Crippen LogP) is 2.36. The fourth-order valence-electron chi connectivity index (χ4n) is 1.58. The number of thioether (sulfide) groups is 1. The van der Waals surface area contributed by atoms with Gasteiger partial charge in [0.2, 0.25) is 0 Å². The van der Waals surface area contributed by atoms with Crippen molar-refractivity contribution in [3.8, 4) is 0 Å². The van der Waals surface area contributed by atoms with Crippen molar-refractivity contribution in [1.82, 2.24) is 10.3 Å². The molecule has 0 aliphatic carbocycles. The second kappa shape index (κ2) is 5.34. The van der Waals surface area contributed by atoms with E-state index in [9.17, 15) is 0 Å². The zero-order valence-electron chi connectivity index (χ0n) is 9.73. The van der Waals surface area contributed by atoms with Crippen LogP contribution in [0.15, 0.2) is 23.5 Å². The minimum Gasteiger partial charge on any atom is -0.362 e. The summed E-state index contributed by atoms with van der Waals surface area (Å²) in [5, 5.41) is 4.48. The molecule has 0 aromatic carbocycles. The molecule has 86 valence electrons. The number of aromatic nitrogens is 1. The summed E-state index contributed by atoms with van der Waals surface area (Å²) in [5.41, 5.74) is 2.46. The van der Waals surface area contributed by atoms with Crippen molar-refractivity contribution in [2.45, 2.75) is 32.9 Å². The van der Waals surface area contributed by atoms with E-state index >= 15 is 0 Å². The summed E-state index contributed by atoms with van der Waals surface area (Å²) >= 11 is 1.82. The quantitative estimate of drug-likeness (QED) is 0.855. The largest absolute Gasteiger partial charge is 0.362 e. The third kappa shape index (κ3) is 2.98. The van der Waals surface area contributed by atoms with Gasteiger partial charge in [-0.1, -0.05) is 11.8 Å². The molecular weight excluding hydrogens is 218 g/mol. The van der Waals surface area contributed by atoms with Gasteiger partial charge in [-0.3, -0.25) is 9.98 Å². The summed E-state index contributed by atoms with van der Waals surface area (Å²) in [6, 6.07) is 2.59. The molecule has 1 aliphatic heterocycles. The Morgan fingerprint density at radius 3 is 3.25 bits per heavy atom. The molecule has 1 N–H and O–H groups in total. The lowest BCUT2D eigenvalue weighted by molar-refractivity contribution is 0.642. The van der Waals surface area contributed by atoms with Crippen molar-refractivity contribution in [3.63, 3.8) is 0 Å². The van der Waals surface area contributed by atoms with E-state index < -0.39 is 0 Å². The standard InChI is InChI=1S/C12H17N3S/c1-9-7-13-5-3-11(9)8-14-12-15-10(2)4-6-16-12/h3,5,7,10H,4,6,8H2,1-2H3,(H,14,15). The number of aryl methyl sites for hydroxylation is 1. The van der Waals surface area contributed by atoms with Crippen LogP contribution >= 0.6 is 11.8 Å². The first-order chi connectivity index (χ1) is 7.75. The maximum atomic E-state index is 4.61. The van der Waals surface area contributed by atoms with Crippen molar-refractivity contribution in [2.24, 2.45) is 4.99 Å². The lowest BCUT2D eigenvalue weighted by atomic mass is 10.2. The van der Waals surface area contributed by atoms with E-state index in [1.54, 1.807) is 0 Å². The number of pyridine rings is 1. The van der Waals surface area contributed by atoms with Crippen LogP contribution in [0.1, 0.15) is 24.5 Å². The Morgan fingerprint density at radius 1 is 1.62 bits per heavy atom. The molecule has 0 radical (unpaired) electrons. The molecule has 4 heteroatoms. The summed E-state index contributed by atoms with van der Waals surface area (Å²) in [5.74, 6) is 1.17. The second-order valence-corrected chi connectivity index (χ2v) is 5.19. The van der Waals surface area contributed by atoms with Crippen molar-refractivity contribution in [3.05, 3.63) is 29.6 Å². The monoisotopic (exact) mass is 235 g/mol. The number of amidine groups is 1. The Labute approximate surface area is 101 Å². The van der Waals surface area contributed by atoms with Crippen LogP contribution in [0.2, 0.25) is 0 Å². The summed E-state index contributed by atoms with van der Waals surface area (Å²) in [7, 11) is 0. The number of nitrogens with one attached hydrogen (secondary N) is 1. The highest BCUT2D eigenvalue weighted by atomic mass is 32.2. The van der Waals surface area contributed by atoms with Gasteiger partial charge in [-0.05, 0) is 37.5 Å². The topological polar surface area (TPSA) is 37.3 Å². The molecule has 0 amide bonds. The van der Waals surface area contributed by atoms with E-state index in [-0.39, 0.29) is 0 Å². The van der Waals surface area contributed by atoms with Gasteiger partial charge in [-0.2, -0.15) is 0 Å². The molecule has 1 saturated heterocycles. The lowest BCUT2D eigenvalue weighted by Crippen LogP contribution is -2.35. The van der Waals surface area contributed by atoms with Gasteiger partial charge in [-0.15, -0.1) is 0 Å². The molecule has 16 heavy (non-hydrogen) atoms. The smallest absolute Gasteiger partial charge is 0.157 e. The fraction of sp³-hybridized carbons (Fsp3) is 0.500. The number of hydrogen-bond acceptors (Lipinski definition) is 3. The number of nitrogens with zero attached hydrogens (tertiary/aromatic N) is 2. The number of hydrogen-bond donors (Lipinski definition) is 1. The minimum absolute atomic E-state index is 0.554. The molecule has 2 heterocycles. The highest BCUT2D eigenvalue weighted by Crippen LogP contribution is 2.15. The second-order valence-electron chi connectivity index (χ2n) is 4.11. The van der Waals surface area contributed by atoms with Crippen LogP contribution in [0, 0.1) is 6.92 Å². The zero-order valence-corrected chi connectivity index (χ0v) is 10.5. The average Bonchev–Trinajstić information content (AvgIpc) is 2.28. The van der Waals surface area contributed by atoms with Gasteiger partial charge in [0.15, 0.2) is 5.17 Å². The Bertz CT molecular complexity index is 390. The van der Waals surface area contributed by atoms with Gasteiger partial charge in [-0.25, -0.2) is 0 Å². The molecule has 2 rings (SSSR count). The van der Waals surface area contributed by atoms with Crippen molar-refractivity contribution in [2.75, 3.05) is 5.75 Å². The van der Waals surface area contributed by atoms with Crippen LogP contribution in [0.4, 0.5) is 0 Å². The van der Waals surface area contributed by atoms with Crippen molar-refractivity contribution < 1.29 is 0 Å². The molecule has 0 spiro atoms. The molecule has 1 fully saturated rings. The van der Waals surface area contributed by atoms with E-state index in [0.717, 1.165) is 11.7 Å². The van der Waals surface area contributed by atoms with Crippen LogP contribution in [-0.2, 0) is 6.54 Å². The van der Waals surface area contributed by atoms with Gasteiger partial charge in [0.1, 0.15) is 0 Å². The van der Waals surface area contributed by atoms with E-state index in [1.165, 1.54) is 23.3 Å². The molecule has 1 aliphatic rings. The first kappa shape index (κ1) is 11.5. The van der Waals surface area contributed by atoms with Crippen LogP contribution in [-0.4, -0.2) is 21.9 Å². The number of aliphatic imine (C=N–C) groups is 1. The molecule has 1 aromatic rings. The molecule has 3 nitrogen and oxygen atoms in total. The van der Waals surface area contributed by atoms with E-state index in [4.69, 9.17) is 0 Å².